The summed E-state index contributed by atoms with van der Waals surface area (Å²) in [7, 11) is 4.71. The second kappa shape index (κ2) is 10.5. The lowest BCUT2D eigenvalue weighted by molar-refractivity contribution is -0.105. The van der Waals surface area contributed by atoms with Crippen molar-refractivity contribution < 1.29 is 29.2 Å². The molecule has 2 aromatic rings. The zero-order valence-corrected chi connectivity index (χ0v) is 17.1. The molecule has 2 aromatic carbocycles. The lowest BCUT2D eigenvalue weighted by Gasteiger charge is -2.19. The molecule has 0 bridgehead atoms. The summed E-state index contributed by atoms with van der Waals surface area (Å²) in [6.45, 7) is 2.31. The monoisotopic (exact) mass is 404 g/mol. The first-order valence-electron chi connectivity index (χ1n) is 9.16. The van der Waals surface area contributed by atoms with Crippen molar-refractivity contribution in [1.29, 1.82) is 0 Å². The number of phenolic OH excluding ortho intramolecular Hbond substituents is 1. The molecule has 0 saturated carbocycles. The Labute approximate surface area is 170 Å². The summed E-state index contributed by atoms with van der Waals surface area (Å²) in [5, 5.41) is 25.8. The van der Waals surface area contributed by atoms with Gasteiger partial charge in [-0.1, -0.05) is 6.07 Å². The number of nitrogens with one attached hydrogen (secondary N) is 2. The number of carbonyl (C=O) groups is 1. The highest BCUT2D eigenvalue weighted by Crippen LogP contribution is 2.38. The van der Waals surface area contributed by atoms with E-state index in [2.05, 4.69) is 10.6 Å². The van der Waals surface area contributed by atoms with Gasteiger partial charge in [-0.2, -0.15) is 0 Å². The number of amides is 1. The summed E-state index contributed by atoms with van der Waals surface area (Å²) in [6.07, 6.45) is 0.352. The molecule has 4 N–H and O–H groups in total. The number of aliphatic hydroxyl groups is 1. The van der Waals surface area contributed by atoms with Crippen molar-refractivity contribution in [2.45, 2.75) is 25.5 Å². The molecule has 1 amide bonds. The van der Waals surface area contributed by atoms with Crippen molar-refractivity contribution in [2.24, 2.45) is 0 Å². The molecule has 2 rings (SSSR count). The zero-order chi connectivity index (χ0) is 21.4. The molecule has 2 unspecified atom stereocenters. The molecule has 0 aliphatic rings. The Morgan fingerprint density at radius 3 is 2.28 bits per heavy atom. The van der Waals surface area contributed by atoms with Crippen molar-refractivity contribution in [3.63, 3.8) is 0 Å². The zero-order valence-electron chi connectivity index (χ0n) is 17.1. The average Bonchev–Trinajstić information content (AvgIpc) is 2.72. The minimum atomic E-state index is -0.801. The number of anilines is 1. The molecule has 0 spiro atoms. The molecule has 158 valence electrons. The summed E-state index contributed by atoms with van der Waals surface area (Å²) in [5.41, 5.74) is 1.83. The number of aromatic hydroxyl groups is 1. The SMILES string of the molecule is COc1cc(CC(C)NCC(O)c2ccc(O)c(NC=O)c2)cc(OC)c1OC. The first-order chi connectivity index (χ1) is 13.9. The van der Waals surface area contributed by atoms with Gasteiger partial charge < -0.3 is 35.1 Å². The highest BCUT2D eigenvalue weighted by molar-refractivity contribution is 5.75. The Bertz CT molecular complexity index is 802. The molecule has 0 fully saturated rings. The van der Waals surface area contributed by atoms with E-state index in [9.17, 15) is 15.0 Å². The third kappa shape index (κ3) is 5.75. The Morgan fingerprint density at radius 1 is 1.07 bits per heavy atom. The van der Waals surface area contributed by atoms with Crippen LogP contribution in [0.5, 0.6) is 23.0 Å². The fourth-order valence-corrected chi connectivity index (χ4v) is 3.05. The van der Waals surface area contributed by atoms with Crippen molar-refractivity contribution in [1.82, 2.24) is 5.32 Å². The van der Waals surface area contributed by atoms with E-state index in [-0.39, 0.29) is 17.5 Å². The quantitative estimate of drug-likeness (QED) is 0.336. The van der Waals surface area contributed by atoms with Gasteiger partial charge in [-0.3, -0.25) is 4.79 Å². The van der Waals surface area contributed by atoms with Gasteiger partial charge in [0.05, 0.1) is 33.1 Å². The van der Waals surface area contributed by atoms with Crippen molar-refractivity contribution in [2.75, 3.05) is 33.2 Å². The summed E-state index contributed by atoms with van der Waals surface area (Å²) in [5.74, 6) is 1.67. The molecule has 0 aliphatic heterocycles. The number of hydrogen-bond donors (Lipinski definition) is 4. The van der Waals surface area contributed by atoms with Crippen molar-refractivity contribution in [3.05, 3.63) is 41.5 Å². The molecule has 0 saturated heterocycles. The number of carbonyl (C=O) groups excluding carboxylic acids is 1. The van der Waals surface area contributed by atoms with Crippen LogP contribution in [-0.4, -0.2) is 50.5 Å². The first kappa shape index (κ1) is 22.3. The number of aliphatic hydroxyl groups excluding tert-OH is 1. The smallest absolute Gasteiger partial charge is 0.211 e. The Hall–Kier alpha value is -2.97. The van der Waals surface area contributed by atoms with Crippen LogP contribution in [-0.2, 0) is 11.2 Å². The van der Waals surface area contributed by atoms with E-state index in [0.29, 0.717) is 42.2 Å². The standard InChI is InChI=1S/C21H28N2O6/c1-13(7-14-8-19(27-2)21(29-4)20(9-14)28-3)22-11-18(26)15-5-6-17(25)16(10-15)23-12-24/h5-6,8-10,12-13,18,22,25-26H,7,11H2,1-4H3,(H,23,24). The van der Waals surface area contributed by atoms with Crippen LogP contribution >= 0.6 is 0 Å². The minimum absolute atomic E-state index is 0.0529. The maximum atomic E-state index is 10.6. The molecule has 2 atom stereocenters. The van der Waals surface area contributed by atoms with Gasteiger partial charge in [-0.15, -0.1) is 0 Å². The summed E-state index contributed by atoms with van der Waals surface area (Å²) >= 11 is 0. The lowest BCUT2D eigenvalue weighted by atomic mass is 10.0. The van der Waals surface area contributed by atoms with E-state index in [1.807, 2.05) is 19.1 Å². The van der Waals surface area contributed by atoms with Gasteiger partial charge in [0, 0.05) is 12.6 Å². The largest absolute Gasteiger partial charge is 0.506 e. The number of phenols is 1. The molecular weight excluding hydrogens is 376 g/mol. The van der Waals surface area contributed by atoms with E-state index in [1.165, 1.54) is 6.07 Å². The average molecular weight is 404 g/mol. The fraction of sp³-hybridized carbons (Fsp3) is 0.381. The lowest BCUT2D eigenvalue weighted by Crippen LogP contribution is -2.32. The van der Waals surface area contributed by atoms with Crippen LogP contribution in [0.15, 0.2) is 30.3 Å². The van der Waals surface area contributed by atoms with Crippen LogP contribution in [0.25, 0.3) is 0 Å². The predicted molar refractivity (Wildman–Crippen MR) is 110 cm³/mol. The van der Waals surface area contributed by atoms with Crippen LogP contribution in [0.1, 0.15) is 24.2 Å². The number of benzene rings is 2. The van der Waals surface area contributed by atoms with Gasteiger partial charge >= 0.3 is 0 Å². The number of rotatable bonds is 11. The van der Waals surface area contributed by atoms with Crippen LogP contribution in [0.3, 0.4) is 0 Å². The molecule has 0 aliphatic carbocycles. The Morgan fingerprint density at radius 2 is 1.72 bits per heavy atom. The fourth-order valence-electron chi connectivity index (χ4n) is 3.05. The van der Waals surface area contributed by atoms with Crippen LogP contribution in [0, 0.1) is 0 Å². The van der Waals surface area contributed by atoms with Gasteiger partial charge in [0.1, 0.15) is 5.75 Å². The minimum Gasteiger partial charge on any atom is -0.506 e. The molecule has 8 nitrogen and oxygen atoms in total. The highest BCUT2D eigenvalue weighted by atomic mass is 16.5. The van der Waals surface area contributed by atoms with Crippen molar-refractivity contribution >= 4 is 12.1 Å². The molecular formula is C21H28N2O6. The Balaban J connectivity index is 2.02. The van der Waals surface area contributed by atoms with Gasteiger partial charge in [-0.25, -0.2) is 0 Å². The molecule has 29 heavy (non-hydrogen) atoms. The topological polar surface area (TPSA) is 109 Å². The van der Waals surface area contributed by atoms with E-state index in [1.54, 1.807) is 33.5 Å². The predicted octanol–water partition coefficient (Wildman–Crippen LogP) is 2.24. The van der Waals surface area contributed by atoms with Gasteiger partial charge in [0.2, 0.25) is 12.2 Å². The molecule has 0 heterocycles. The Kier molecular flexibility index (Phi) is 8.11. The van der Waals surface area contributed by atoms with Gasteiger partial charge in [0.15, 0.2) is 11.5 Å². The van der Waals surface area contributed by atoms with E-state index < -0.39 is 6.10 Å². The van der Waals surface area contributed by atoms with E-state index in [0.717, 1.165) is 5.56 Å². The van der Waals surface area contributed by atoms with Crippen LogP contribution in [0.4, 0.5) is 5.69 Å². The molecule has 0 radical (unpaired) electrons. The maximum absolute atomic E-state index is 10.6. The second-order valence-corrected chi connectivity index (χ2v) is 6.60. The van der Waals surface area contributed by atoms with Crippen molar-refractivity contribution in [3.8, 4) is 23.0 Å². The summed E-state index contributed by atoms with van der Waals surface area (Å²) < 4.78 is 16.1. The van der Waals surface area contributed by atoms with Crippen LogP contribution in [0.2, 0.25) is 0 Å². The summed E-state index contributed by atoms with van der Waals surface area (Å²) in [4.78, 5) is 10.6. The number of methoxy groups -OCH3 is 3. The van der Waals surface area contributed by atoms with Gasteiger partial charge in [-0.05, 0) is 48.7 Å². The van der Waals surface area contributed by atoms with E-state index >= 15 is 0 Å². The third-order valence-corrected chi connectivity index (χ3v) is 4.55. The normalized spacial score (nSPS) is 12.7. The van der Waals surface area contributed by atoms with Gasteiger partial charge in [0.25, 0.3) is 0 Å². The second-order valence-electron chi connectivity index (χ2n) is 6.60. The molecule has 0 aromatic heterocycles. The van der Waals surface area contributed by atoms with Crippen LogP contribution < -0.4 is 24.8 Å². The molecule has 8 heteroatoms. The summed E-state index contributed by atoms with van der Waals surface area (Å²) in [6, 6.07) is 8.43. The third-order valence-electron chi connectivity index (χ3n) is 4.55. The maximum Gasteiger partial charge on any atom is 0.211 e. The van der Waals surface area contributed by atoms with E-state index in [4.69, 9.17) is 14.2 Å². The number of hydrogen-bond acceptors (Lipinski definition) is 7. The highest BCUT2D eigenvalue weighted by Gasteiger charge is 2.16. The first-order valence-corrected chi connectivity index (χ1v) is 9.16. The number of ether oxygens (including phenoxy) is 3.